The molecule has 0 radical (unpaired) electrons. The van der Waals surface area contributed by atoms with E-state index in [2.05, 4.69) is 29.2 Å². The van der Waals surface area contributed by atoms with Gasteiger partial charge in [-0.15, -0.1) is 11.8 Å². The first-order valence-electron chi connectivity index (χ1n) is 6.65. The zero-order valence-corrected chi connectivity index (χ0v) is 13.0. The summed E-state index contributed by atoms with van der Waals surface area (Å²) in [6, 6.07) is 12.0. The molecule has 0 fully saturated rings. The maximum atomic E-state index is 12.1. The second-order valence-corrected chi connectivity index (χ2v) is 5.54. The lowest BCUT2D eigenvalue weighted by molar-refractivity contribution is -0.125. The molecule has 21 heavy (non-hydrogen) atoms. The Kier molecular flexibility index (Phi) is 5.58. The van der Waals surface area contributed by atoms with Gasteiger partial charge in [-0.2, -0.15) is 0 Å². The number of hydrogen-bond donors (Lipinski definition) is 0. The summed E-state index contributed by atoms with van der Waals surface area (Å²) in [6.45, 7) is 0.602. The van der Waals surface area contributed by atoms with Crippen molar-refractivity contribution in [2.75, 3.05) is 13.3 Å². The summed E-state index contributed by atoms with van der Waals surface area (Å²) < 4.78 is 0. The van der Waals surface area contributed by atoms with Gasteiger partial charge in [0.05, 0.1) is 0 Å². The van der Waals surface area contributed by atoms with Gasteiger partial charge in [0.15, 0.2) is 0 Å². The summed E-state index contributed by atoms with van der Waals surface area (Å²) in [5.74, 6) is -0.0206. The van der Waals surface area contributed by atoms with E-state index in [4.69, 9.17) is 0 Å². The fourth-order valence-electron chi connectivity index (χ4n) is 1.85. The standard InChI is InChI=1S/C17H18N2OS/c1-19(13-15-5-8-16(21-2)9-6-15)17(20)10-7-14-4-3-11-18-12-14/h3-12H,13H2,1-2H3. The SMILES string of the molecule is CSc1ccc(CN(C)C(=O)C=Cc2cccnc2)cc1. The molecule has 2 rings (SSSR count). The second-order valence-electron chi connectivity index (χ2n) is 4.66. The molecule has 0 aliphatic rings. The maximum Gasteiger partial charge on any atom is 0.246 e. The number of benzene rings is 1. The van der Waals surface area contributed by atoms with Crippen LogP contribution in [0.1, 0.15) is 11.1 Å². The Labute approximate surface area is 129 Å². The highest BCUT2D eigenvalue weighted by atomic mass is 32.2. The molecule has 0 unspecified atom stereocenters. The Morgan fingerprint density at radius 2 is 2.05 bits per heavy atom. The van der Waals surface area contributed by atoms with Crippen LogP contribution in [0.5, 0.6) is 0 Å². The summed E-state index contributed by atoms with van der Waals surface area (Å²) in [5, 5.41) is 0. The molecule has 4 heteroatoms. The fraction of sp³-hybridized carbons (Fsp3) is 0.176. The van der Waals surface area contributed by atoms with Crippen molar-refractivity contribution in [2.24, 2.45) is 0 Å². The van der Waals surface area contributed by atoms with Gasteiger partial charge in [0.2, 0.25) is 5.91 Å². The number of amides is 1. The van der Waals surface area contributed by atoms with Crippen LogP contribution in [0.15, 0.2) is 59.8 Å². The van der Waals surface area contributed by atoms with E-state index in [1.807, 2.05) is 18.4 Å². The van der Waals surface area contributed by atoms with Crippen molar-refractivity contribution in [1.29, 1.82) is 0 Å². The number of carbonyl (C=O) groups is 1. The molecule has 1 heterocycles. The summed E-state index contributed by atoms with van der Waals surface area (Å²) in [4.78, 5) is 19.0. The van der Waals surface area contributed by atoms with E-state index in [0.717, 1.165) is 11.1 Å². The van der Waals surface area contributed by atoms with Gasteiger partial charge < -0.3 is 4.90 Å². The van der Waals surface area contributed by atoms with Gasteiger partial charge in [-0.25, -0.2) is 0 Å². The largest absolute Gasteiger partial charge is 0.338 e. The number of hydrogen-bond acceptors (Lipinski definition) is 3. The first kappa shape index (κ1) is 15.3. The van der Waals surface area contributed by atoms with Gasteiger partial charge in [0, 0.05) is 37.0 Å². The van der Waals surface area contributed by atoms with Gasteiger partial charge in [0.1, 0.15) is 0 Å². The molecule has 0 saturated heterocycles. The van der Waals surface area contributed by atoms with Gasteiger partial charge in [-0.3, -0.25) is 9.78 Å². The molecule has 0 bridgehead atoms. The third kappa shape index (κ3) is 4.76. The monoisotopic (exact) mass is 298 g/mol. The summed E-state index contributed by atoms with van der Waals surface area (Å²) in [6.07, 6.45) is 8.85. The average molecular weight is 298 g/mol. The van der Waals surface area contributed by atoms with E-state index in [1.54, 1.807) is 48.3 Å². The van der Waals surface area contributed by atoms with Gasteiger partial charge >= 0.3 is 0 Å². The number of carbonyl (C=O) groups excluding carboxylic acids is 1. The molecule has 1 aromatic heterocycles. The molecule has 0 spiro atoms. The number of likely N-dealkylation sites (N-methyl/N-ethyl adjacent to an activating group) is 1. The van der Waals surface area contributed by atoms with E-state index in [1.165, 1.54) is 4.90 Å². The Balaban J connectivity index is 1.94. The Morgan fingerprint density at radius 1 is 1.29 bits per heavy atom. The highest BCUT2D eigenvalue weighted by Gasteiger charge is 2.05. The third-order valence-corrected chi connectivity index (χ3v) is 3.80. The topological polar surface area (TPSA) is 33.2 Å². The van der Waals surface area contributed by atoms with E-state index in [0.29, 0.717) is 6.54 Å². The molecule has 0 aliphatic carbocycles. The molecular formula is C17H18N2OS. The van der Waals surface area contributed by atoms with Gasteiger partial charge in [-0.05, 0) is 41.7 Å². The Hall–Kier alpha value is -2.07. The lowest BCUT2D eigenvalue weighted by Crippen LogP contribution is -2.24. The van der Waals surface area contributed by atoms with E-state index < -0.39 is 0 Å². The van der Waals surface area contributed by atoms with E-state index in [9.17, 15) is 4.79 Å². The Bertz CT molecular complexity index is 608. The minimum absolute atomic E-state index is 0.0206. The number of thioether (sulfide) groups is 1. The molecule has 0 N–H and O–H groups in total. The van der Waals surface area contributed by atoms with Crippen molar-refractivity contribution < 1.29 is 4.79 Å². The molecule has 108 valence electrons. The molecule has 3 nitrogen and oxygen atoms in total. The van der Waals surface area contributed by atoms with Crippen LogP contribution in [0.3, 0.4) is 0 Å². The highest BCUT2D eigenvalue weighted by Crippen LogP contribution is 2.15. The van der Waals surface area contributed by atoms with Crippen LogP contribution < -0.4 is 0 Å². The second kappa shape index (κ2) is 7.64. The molecule has 0 aliphatic heterocycles. The van der Waals surface area contributed by atoms with E-state index in [-0.39, 0.29) is 5.91 Å². The third-order valence-electron chi connectivity index (χ3n) is 3.06. The first-order valence-corrected chi connectivity index (χ1v) is 7.87. The highest BCUT2D eigenvalue weighted by molar-refractivity contribution is 7.98. The summed E-state index contributed by atoms with van der Waals surface area (Å²) in [7, 11) is 1.80. The van der Waals surface area contributed by atoms with Crippen LogP contribution >= 0.6 is 11.8 Å². The predicted molar refractivity (Wildman–Crippen MR) is 88.0 cm³/mol. The quantitative estimate of drug-likeness (QED) is 0.626. The first-order chi connectivity index (χ1) is 10.2. The maximum absolute atomic E-state index is 12.1. The molecule has 0 saturated carbocycles. The molecule has 1 amide bonds. The van der Waals surface area contributed by atoms with Crippen LogP contribution in [0.4, 0.5) is 0 Å². The smallest absolute Gasteiger partial charge is 0.246 e. The number of nitrogens with zero attached hydrogens (tertiary/aromatic N) is 2. The van der Waals surface area contributed by atoms with Crippen molar-refractivity contribution >= 4 is 23.7 Å². The van der Waals surface area contributed by atoms with E-state index >= 15 is 0 Å². The van der Waals surface area contributed by atoms with Gasteiger partial charge in [0.25, 0.3) is 0 Å². The number of aromatic nitrogens is 1. The van der Waals surface area contributed by atoms with Crippen molar-refractivity contribution in [3.8, 4) is 0 Å². The van der Waals surface area contributed by atoms with Crippen LogP contribution in [0.2, 0.25) is 0 Å². The fourth-order valence-corrected chi connectivity index (χ4v) is 2.26. The minimum atomic E-state index is -0.0206. The zero-order valence-electron chi connectivity index (χ0n) is 12.2. The van der Waals surface area contributed by atoms with Crippen molar-refractivity contribution in [3.05, 3.63) is 66.0 Å². The summed E-state index contributed by atoms with van der Waals surface area (Å²) in [5.41, 5.74) is 2.04. The molecule has 0 atom stereocenters. The average Bonchev–Trinajstić information content (AvgIpc) is 2.54. The normalized spacial score (nSPS) is 10.8. The molecule has 1 aromatic carbocycles. The van der Waals surface area contributed by atoms with Crippen LogP contribution in [-0.4, -0.2) is 29.1 Å². The van der Waals surface area contributed by atoms with Crippen molar-refractivity contribution in [1.82, 2.24) is 9.88 Å². The predicted octanol–water partition coefficient (Wildman–Crippen LogP) is 3.48. The number of pyridine rings is 1. The number of rotatable bonds is 5. The van der Waals surface area contributed by atoms with Crippen LogP contribution in [-0.2, 0) is 11.3 Å². The van der Waals surface area contributed by atoms with Crippen LogP contribution in [0.25, 0.3) is 6.08 Å². The van der Waals surface area contributed by atoms with Crippen LogP contribution in [0, 0.1) is 0 Å². The summed E-state index contributed by atoms with van der Waals surface area (Å²) >= 11 is 1.71. The molecular weight excluding hydrogens is 280 g/mol. The van der Waals surface area contributed by atoms with Gasteiger partial charge in [-0.1, -0.05) is 18.2 Å². The lowest BCUT2D eigenvalue weighted by Gasteiger charge is -2.15. The van der Waals surface area contributed by atoms with Crippen molar-refractivity contribution in [3.63, 3.8) is 0 Å². The zero-order chi connectivity index (χ0) is 15.1. The molecule has 2 aromatic rings. The lowest BCUT2D eigenvalue weighted by atomic mass is 10.2. The van der Waals surface area contributed by atoms with Crippen molar-refractivity contribution in [2.45, 2.75) is 11.4 Å². The Morgan fingerprint density at radius 3 is 2.67 bits per heavy atom. The minimum Gasteiger partial charge on any atom is -0.338 e.